The minimum atomic E-state index is -2.63. The van der Waals surface area contributed by atoms with E-state index >= 15 is 0 Å². The van der Waals surface area contributed by atoms with E-state index in [1.807, 2.05) is 12.2 Å². The molecule has 248 valence electrons. The summed E-state index contributed by atoms with van der Waals surface area (Å²) in [5.41, 5.74) is 0. The van der Waals surface area contributed by atoms with Crippen molar-refractivity contribution in [2.24, 2.45) is 0 Å². The van der Waals surface area contributed by atoms with Gasteiger partial charge in [-0.25, -0.2) is 4.79 Å². The maximum atomic E-state index is 12.7. The van der Waals surface area contributed by atoms with E-state index < -0.39 is 67.3 Å². The summed E-state index contributed by atoms with van der Waals surface area (Å²) in [5.74, 6) is -5.03. The fourth-order valence-electron chi connectivity index (χ4n) is 4.37. The average molecular weight is 622 g/mol. The number of carbonyl (C=O) groups is 3. The molecule has 0 aromatic heterocycles. The van der Waals surface area contributed by atoms with Crippen molar-refractivity contribution >= 4 is 17.8 Å². The summed E-state index contributed by atoms with van der Waals surface area (Å²) in [6.45, 7) is 3.99. The smallest absolute Gasteiger partial charge is 0.369 e. The van der Waals surface area contributed by atoms with Crippen molar-refractivity contribution in [3.63, 3.8) is 0 Å². The first kappa shape index (κ1) is 38.9. The summed E-state index contributed by atoms with van der Waals surface area (Å²) in [6, 6.07) is -1.06. The number of unbranched alkanes of at least 4 members (excludes halogenated alkanes) is 1. The molecule has 0 radical (unpaired) electrons. The monoisotopic (exact) mass is 621 g/mol. The van der Waals surface area contributed by atoms with E-state index in [9.17, 15) is 29.7 Å². The number of amides is 1. The quantitative estimate of drug-likeness (QED) is 0.0587. The number of hydrogen-bond acceptors (Lipinski definition) is 10. The number of rotatable bonds is 20. The topological polar surface area (TPSA) is 172 Å². The molecule has 0 saturated carbocycles. The molecule has 11 heteroatoms. The van der Waals surface area contributed by atoms with Crippen molar-refractivity contribution in [2.45, 2.75) is 121 Å². The zero-order valence-corrected chi connectivity index (χ0v) is 26.2. The molecule has 0 aliphatic carbocycles. The van der Waals surface area contributed by atoms with Gasteiger partial charge in [0.05, 0.1) is 31.0 Å². The molecular weight excluding hydrogens is 570 g/mol. The molecular formula is C33H51NO10. The van der Waals surface area contributed by atoms with Crippen LogP contribution >= 0.6 is 0 Å². The van der Waals surface area contributed by atoms with Gasteiger partial charge in [-0.05, 0) is 44.9 Å². The van der Waals surface area contributed by atoms with Crippen LogP contribution in [0.2, 0.25) is 0 Å². The predicted octanol–water partition coefficient (Wildman–Crippen LogP) is 3.43. The van der Waals surface area contributed by atoms with Crippen LogP contribution in [0.3, 0.4) is 0 Å². The van der Waals surface area contributed by atoms with Gasteiger partial charge in [0.1, 0.15) is 0 Å². The summed E-state index contributed by atoms with van der Waals surface area (Å²) in [4.78, 5) is 36.4. The van der Waals surface area contributed by atoms with E-state index in [0.29, 0.717) is 12.8 Å². The molecule has 6 atom stereocenters. The van der Waals surface area contributed by atoms with E-state index in [4.69, 9.17) is 19.3 Å². The maximum Gasteiger partial charge on any atom is 0.369 e. The van der Waals surface area contributed by atoms with Gasteiger partial charge >= 0.3 is 11.9 Å². The minimum Gasteiger partial charge on any atom is -0.425 e. The standard InChI is InChI=1S/C33H51NO10/c1-4-5-6-7-8-9-10-11-12-13-14-15-16-17-18-19-20-21-30(39)42-26(3)43-32(40)33(41)23-28(38)31(34-25(2)36)29(44-33)22-27(37)24-35/h5-6,8-9,11-12,14-15,17-18,26-29,31,35,37-38,41H,4,7,10,13,16,19-24H2,1-3H3,(H,34,36)/b6-5+,9-8+,12-11+,15-14+,18-17+/t26?,27-,28+,29?,31?,33+/m0/s1. The molecule has 0 bridgehead atoms. The lowest BCUT2D eigenvalue weighted by atomic mass is 9.90. The van der Waals surface area contributed by atoms with Crippen molar-refractivity contribution < 1.29 is 49.0 Å². The summed E-state index contributed by atoms with van der Waals surface area (Å²) < 4.78 is 15.6. The zero-order valence-electron chi connectivity index (χ0n) is 26.2. The van der Waals surface area contributed by atoms with Crippen molar-refractivity contribution in [3.8, 4) is 0 Å². The molecule has 1 saturated heterocycles. The third kappa shape index (κ3) is 16.7. The summed E-state index contributed by atoms with van der Waals surface area (Å²) in [5, 5.41) is 42.7. The molecule has 1 aliphatic heterocycles. The number of ether oxygens (including phenoxy) is 3. The van der Waals surface area contributed by atoms with E-state index in [0.717, 1.165) is 32.1 Å². The first-order valence-corrected chi connectivity index (χ1v) is 15.3. The van der Waals surface area contributed by atoms with E-state index in [1.165, 1.54) is 13.8 Å². The van der Waals surface area contributed by atoms with E-state index in [1.54, 1.807) is 0 Å². The highest BCUT2D eigenvalue weighted by Gasteiger charge is 2.52. The second kappa shape index (κ2) is 22.4. The van der Waals surface area contributed by atoms with Gasteiger partial charge in [0, 0.05) is 33.1 Å². The summed E-state index contributed by atoms with van der Waals surface area (Å²) in [6.07, 6.45) is 20.8. The van der Waals surface area contributed by atoms with Crippen molar-refractivity contribution in [1.82, 2.24) is 5.32 Å². The lowest BCUT2D eigenvalue weighted by molar-refractivity contribution is -0.290. The fourth-order valence-corrected chi connectivity index (χ4v) is 4.37. The minimum absolute atomic E-state index is 0.0925. The second-order valence-corrected chi connectivity index (χ2v) is 10.6. The molecule has 1 fully saturated rings. The van der Waals surface area contributed by atoms with Gasteiger partial charge in [0.2, 0.25) is 12.2 Å². The SMILES string of the molecule is CC/C=C/C/C=C/C/C=C/C/C=C/C/C=C/CCCC(=O)OC(C)OC(=O)[C@@]1(O)C[C@@H](O)C(NC(C)=O)C(C[C@H](O)CO)O1. The van der Waals surface area contributed by atoms with Gasteiger partial charge in [0.25, 0.3) is 5.79 Å². The first-order chi connectivity index (χ1) is 21.0. The van der Waals surface area contributed by atoms with Crippen LogP contribution in [-0.2, 0) is 28.6 Å². The normalized spacial score (nSPS) is 24.0. The van der Waals surface area contributed by atoms with Gasteiger partial charge in [-0.1, -0.05) is 67.7 Å². The van der Waals surface area contributed by atoms with Crippen molar-refractivity contribution in [3.05, 3.63) is 60.8 Å². The van der Waals surface area contributed by atoms with Crippen LogP contribution in [0.5, 0.6) is 0 Å². The van der Waals surface area contributed by atoms with Crippen LogP contribution in [-0.4, -0.2) is 81.3 Å². The Balaban J connectivity index is 2.36. The average Bonchev–Trinajstić information content (AvgIpc) is 2.96. The van der Waals surface area contributed by atoms with Gasteiger partial charge in [0.15, 0.2) is 0 Å². The van der Waals surface area contributed by atoms with Crippen molar-refractivity contribution in [1.29, 1.82) is 0 Å². The number of esters is 2. The van der Waals surface area contributed by atoms with Crippen LogP contribution in [0.4, 0.5) is 0 Å². The van der Waals surface area contributed by atoms with Crippen LogP contribution in [0.25, 0.3) is 0 Å². The van der Waals surface area contributed by atoms with Gasteiger partial charge in [-0.3, -0.25) is 9.59 Å². The highest BCUT2D eigenvalue weighted by Crippen LogP contribution is 2.31. The Labute approximate surface area is 261 Å². The molecule has 3 unspecified atom stereocenters. The number of hydrogen-bond donors (Lipinski definition) is 5. The number of carbonyl (C=O) groups excluding carboxylic acids is 3. The van der Waals surface area contributed by atoms with E-state index in [-0.39, 0.29) is 12.8 Å². The zero-order chi connectivity index (χ0) is 32.8. The number of aliphatic hydroxyl groups is 4. The lowest BCUT2D eigenvalue weighted by Crippen LogP contribution is -2.64. The highest BCUT2D eigenvalue weighted by molar-refractivity contribution is 5.78. The maximum absolute atomic E-state index is 12.7. The lowest BCUT2D eigenvalue weighted by Gasteiger charge is -2.43. The Kier molecular flexibility index (Phi) is 19.8. The Hall–Kier alpha value is -3.09. The molecule has 0 spiro atoms. The number of nitrogens with one attached hydrogen (secondary N) is 1. The molecule has 1 amide bonds. The third-order valence-electron chi connectivity index (χ3n) is 6.53. The Bertz CT molecular complexity index is 1000. The molecule has 1 aliphatic rings. The molecule has 1 heterocycles. The Morgan fingerprint density at radius 1 is 0.955 bits per heavy atom. The molecule has 44 heavy (non-hydrogen) atoms. The third-order valence-corrected chi connectivity index (χ3v) is 6.53. The predicted molar refractivity (Wildman–Crippen MR) is 166 cm³/mol. The molecule has 0 aromatic rings. The van der Waals surface area contributed by atoms with E-state index in [2.05, 4.69) is 60.8 Å². The van der Waals surface area contributed by atoms with Crippen LogP contribution in [0.15, 0.2) is 60.8 Å². The Morgan fingerprint density at radius 2 is 1.50 bits per heavy atom. The first-order valence-electron chi connectivity index (χ1n) is 15.3. The number of allylic oxidation sites excluding steroid dienone is 10. The Morgan fingerprint density at radius 3 is 2.02 bits per heavy atom. The van der Waals surface area contributed by atoms with Crippen LogP contribution in [0.1, 0.15) is 85.0 Å². The summed E-state index contributed by atoms with van der Waals surface area (Å²) in [7, 11) is 0. The largest absolute Gasteiger partial charge is 0.425 e. The molecule has 1 rings (SSSR count). The van der Waals surface area contributed by atoms with Crippen LogP contribution in [0, 0.1) is 0 Å². The van der Waals surface area contributed by atoms with Gasteiger partial charge < -0.3 is 40.0 Å². The van der Waals surface area contributed by atoms with Gasteiger partial charge in [-0.15, -0.1) is 0 Å². The van der Waals surface area contributed by atoms with Gasteiger partial charge in [-0.2, -0.15) is 0 Å². The molecule has 11 nitrogen and oxygen atoms in total. The fraction of sp³-hybridized carbons (Fsp3) is 0.606. The van der Waals surface area contributed by atoms with Crippen molar-refractivity contribution in [2.75, 3.05) is 6.61 Å². The molecule has 0 aromatic carbocycles. The van der Waals surface area contributed by atoms with Crippen LogP contribution < -0.4 is 5.32 Å². The molecule has 5 N–H and O–H groups in total. The second-order valence-electron chi connectivity index (χ2n) is 10.6. The number of aliphatic hydroxyl groups excluding tert-OH is 3. The highest BCUT2D eigenvalue weighted by atomic mass is 16.7. The summed E-state index contributed by atoms with van der Waals surface area (Å²) >= 11 is 0.